The molecular weight excluding hydrogens is 336 g/mol. The molecule has 1 aromatic carbocycles. The number of nitrogens with zero attached hydrogens (tertiary/aromatic N) is 3. The van der Waals surface area contributed by atoms with Crippen LogP contribution in [0.1, 0.15) is 19.8 Å². The van der Waals surface area contributed by atoms with Gasteiger partial charge in [0.2, 0.25) is 5.91 Å². The number of imidazole rings is 1. The molecule has 0 saturated heterocycles. The Labute approximate surface area is 151 Å². The van der Waals surface area contributed by atoms with Gasteiger partial charge in [-0.1, -0.05) is 17.8 Å². The number of benzene rings is 1. The SMILES string of the molecule is COc1cccc(-n2ccnc2SCC(=O)NC(C)(C#N)C2CC2)c1. The van der Waals surface area contributed by atoms with E-state index in [1.165, 1.54) is 11.8 Å². The fraction of sp³-hybridized carbons (Fsp3) is 0.389. The van der Waals surface area contributed by atoms with Gasteiger partial charge in [0.25, 0.3) is 0 Å². The average Bonchev–Trinajstić information content (AvgIpc) is 3.39. The molecule has 1 saturated carbocycles. The van der Waals surface area contributed by atoms with Gasteiger partial charge in [-0.3, -0.25) is 9.36 Å². The van der Waals surface area contributed by atoms with E-state index in [0.29, 0.717) is 5.16 Å². The summed E-state index contributed by atoms with van der Waals surface area (Å²) in [6.07, 6.45) is 5.54. The Morgan fingerprint density at radius 1 is 1.56 bits per heavy atom. The molecule has 0 bridgehead atoms. The van der Waals surface area contributed by atoms with Crippen molar-refractivity contribution in [2.45, 2.75) is 30.5 Å². The summed E-state index contributed by atoms with van der Waals surface area (Å²) < 4.78 is 7.16. The largest absolute Gasteiger partial charge is 0.497 e. The number of amides is 1. The smallest absolute Gasteiger partial charge is 0.231 e. The Kier molecular flexibility index (Phi) is 5.00. The molecule has 130 valence electrons. The van der Waals surface area contributed by atoms with E-state index in [2.05, 4.69) is 16.4 Å². The summed E-state index contributed by atoms with van der Waals surface area (Å²) in [5.74, 6) is 1.09. The third kappa shape index (κ3) is 3.97. The summed E-state index contributed by atoms with van der Waals surface area (Å²) in [4.78, 5) is 16.6. The highest BCUT2D eigenvalue weighted by Crippen LogP contribution is 2.39. The lowest BCUT2D eigenvalue weighted by molar-refractivity contribution is -0.119. The minimum atomic E-state index is -0.764. The van der Waals surface area contributed by atoms with Gasteiger partial charge in [-0.2, -0.15) is 5.26 Å². The van der Waals surface area contributed by atoms with Crippen LogP contribution in [0.3, 0.4) is 0 Å². The number of methoxy groups -OCH3 is 1. The Bertz CT molecular complexity index is 809. The minimum absolute atomic E-state index is 0.152. The fourth-order valence-corrected chi connectivity index (χ4v) is 3.46. The average molecular weight is 356 g/mol. The van der Waals surface area contributed by atoms with E-state index in [9.17, 15) is 10.1 Å². The molecule has 1 unspecified atom stereocenters. The zero-order valence-electron chi connectivity index (χ0n) is 14.2. The summed E-state index contributed by atoms with van der Waals surface area (Å²) in [7, 11) is 1.62. The van der Waals surface area contributed by atoms with Crippen LogP contribution in [0, 0.1) is 17.2 Å². The van der Waals surface area contributed by atoms with Gasteiger partial charge in [0.05, 0.1) is 24.6 Å². The zero-order chi connectivity index (χ0) is 17.9. The van der Waals surface area contributed by atoms with Crippen LogP contribution in [0.5, 0.6) is 5.75 Å². The molecule has 0 radical (unpaired) electrons. The third-order valence-electron chi connectivity index (χ3n) is 4.30. The molecule has 1 heterocycles. The Morgan fingerprint density at radius 2 is 2.36 bits per heavy atom. The predicted octanol–water partition coefficient (Wildman–Crippen LogP) is 2.78. The standard InChI is InChI=1S/C18H20N4O2S/c1-18(12-19,13-6-7-13)21-16(23)11-25-17-20-8-9-22(17)14-4-3-5-15(10-14)24-2/h3-5,8-10,13H,6-7,11H2,1-2H3,(H,21,23). The maximum atomic E-state index is 12.3. The van der Waals surface area contributed by atoms with E-state index in [-0.39, 0.29) is 17.6 Å². The number of nitriles is 1. The molecule has 3 rings (SSSR count). The molecule has 1 aliphatic rings. The fourth-order valence-electron chi connectivity index (χ4n) is 2.69. The third-order valence-corrected chi connectivity index (χ3v) is 5.26. The predicted molar refractivity (Wildman–Crippen MR) is 95.7 cm³/mol. The van der Waals surface area contributed by atoms with Gasteiger partial charge in [-0.15, -0.1) is 0 Å². The summed E-state index contributed by atoms with van der Waals surface area (Å²) in [5.41, 5.74) is 0.152. The summed E-state index contributed by atoms with van der Waals surface area (Å²) in [5, 5.41) is 12.9. The molecule has 6 nitrogen and oxygen atoms in total. The van der Waals surface area contributed by atoms with Gasteiger partial charge in [-0.25, -0.2) is 4.98 Å². The van der Waals surface area contributed by atoms with Crippen molar-refractivity contribution in [3.63, 3.8) is 0 Å². The van der Waals surface area contributed by atoms with E-state index in [1.807, 2.05) is 35.0 Å². The van der Waals surface area contributed by atoms with Crippen molar-refractivity contribution in [1.82, 2.24) is 14.9 Å². The first-order chi connectivity index (χ1) is 12.1. The number of hydrogen-bond donors (Lipinski definition) is 1. The second-order valence-corrected chi connectivity index (χ2v) is 7.15. The number of thioether (sulfide) groups is 1. The summed E-state index contributed by atoms with van der Waals surface area (Å²) in [6, 6.07) is 9.88. The first-order valence-corrected chi connectivity index (χ1v) is 9.07. The van der Waals surface area contributed by atoms with Crippen molar-refractivity contribution in [3.05, 3.63) is 36.7 Å². The van der Waals surface area contributed by atoms with Crippen molar-refractivity contribution in [2.75, 3.05) is 12.9 Å². The second-order valence-electron chi connectivity index (χ2n) is 6.21. The number of rotatable bonds is 7. The summed E-state index contributed by atoms with van der Waals surface area (Å²) >= 11 is 1.34. The Balaban J connectivity index is 1.65. The van der Waals surface area contributed by atoms with E-state index in [4.69, 9.17) is 4.74 Å². The molecule has 1 amide bonds. The molecule has 2 aromatic rings. The lowest BCUT2D eigenvalue weighted by Crippen LogP contribution is -2.47. The number of carbonyl (C=O) groups is 1. The molecule has 1 fully saturated rings. The minimum Gasteiger partial charge on any atom is -0.497 e. The first-order valence-electron chi connectivity index (χ1n) is 8.08. The molecular formula is C18H20N4O2S. The van der Waals surface area contributed by atoms with Crippen LogP contribution in [0.4, 0.5) is 0 Å². The monoisotopic (exact) mass is 356 g/mol. The first kappa shape index (κ1) is 17.4. The maximum Gasteiger partial charge on any atom is 0.231 e. The lowest BCUT2D eigenvalue weighted by atomic mass is 9.98. The van der Waals surface area contributed by atoms with Crippen molar-refractivity contribution in [2.24, 2.45) is 5.92 Å². The Hall–Kier alpha value is -2.46. The van der Waals surface area contributed by atoms with Crippen molar-refractivity contribution in [1.29, 1.82) is 5.26 Å². The van der Waals surface area contributed by atoms with Gasteiger partial charge >= 0.3 is 0 Å². The highest BCUT2D eigenvalue weighted by atomic mass is 32.2. The van der Waals surface area contributed by atoms with Crippen LogP contribution in [0.2, 0.25) is 0 Å². The van der Waals surface area contributed by atoms with Crippen LogP contribution in [0.25, 0.3) is 5.69 Å². The molecule has 1 atom stereocenters. The zero-order valence-corrected chi connectivity index (χ0v) is 15.0. The highest BCUT2D eigenvalue weighted by Gasteiger charge is 2.42. The molecule has 0 spiro atoms. The molecule has 0 aliphatic heterocycles. The van der Waals surface area contributed by atoms with Crippen LogP contribution >= 0.6 is 11.8 Å². The molecule has 25 heavy (non-hydrogen) atoms. The quantitative estimate of drug-likeness (QED) is 0.772. The van der Waals surface area contributed by atoms with E-state index < -0.39 is 5.54 Å². The number of aromatic nitrogens is 2. The number of ether oxygens (including phenoxy) is 1. The lowest BCUT2D eigenvalue weighted by Gasteiger charge is -2.22. The highest BCUT2D eigenvalue weighted by molar-refractivity contribution is 7.99. The molecule has 1 aliphatic carbocycles. The van der Waals surface area contributed by atoms with E-state index in [0.717, 1.165) is 24.3 Å². The Morgan fingerprint density at radius 3 is 3.04 bits per heavy atom. The maximum absolute atomic E-state index is 12.3. The van der Waals surface area contributed by atoms with Crippen LogP contribution in [-0.4, -0.2) is 33.9 Å². The topological polar surface area (TPSA) is 79.9 Å². The van der Waals surface area contributed by atoms with Crippen molar-refractivity contribution >= 4 is 17.7 Å². The van der Waals surface area contributed by atoms with Gasteiger partial charge in [0.15, 0.2) is 5.16 Å². The number of nitrogens with one attached hydrogen (secondary N) is 1. The summed E-state index contributed by atoms with van der Waals surface area (Å²) in [6.45, 7) is 1.80. The van der Waals surface area contributed by atoms with Gasteiger partial charge in [-0.05, 0) is 37.8 Å². The second kappa shape index (κ2) is 7.19. The molecule has 1 N–H and O–H groups in total. The van der Waals surface area contributed by atoms with Crippen LogP contribution < -0.4 is 10.1 Å². The molecule has 7 heteroatoms. The van der Waals surface area contributed by atoms with Gasteiger partial charge < -0.3 is 10.1 Å². The number of hydrogen-bond acceptors (Lipinski definition) is 5. The molecule has 1 aromatic heterocycles. The normalized spacial score (nSPS) is 15.9. The van der Waals surface area contributed by atoms with Gasteiger partial charge in [0, 0.05) is 18.5 Å². The van der Waals surface area contributed by atoms with Crippen molar-refractivity contribution in [3.8, 4) is 17.5 Å². The van der Waals surface area contributed by atoms with E-state index in [1.54, 1.807) is 20.2 Å². The van der Waals surface area contributed by atoms with Crippen LogP contribution in [0.15, 0.2) is 41.8 Å². The van der Waals surface area contributed by atoms with Crippen molar-refractivity contribution < 1.29 is 9.53 Å². The number of carbonyl (C=O) groups excluding carboxylic acids is 1. The van der Waals surface area contributed by atoms with E-state index >= 15 is 0 Å². The van der Waals surface area contributed by atoms with Gasteiger partial charge in [0.1, 0.15) is 11.3 Å². The van der Waals surface area contributed by atoms with Crippen LogP contribution in [-0.2, 0) is 4.79 Å².